The molecular formula is C23H21FN2O4S. The largest absolute Gasteiger partial charge is 0.497 e. The van der Waals surface area contributed by atoms with Crippen molar-refractivity contribution in [1.82, 2.24) is 4.31 Å². The van der Waals surface area contributed by atoms with Gasteiger partial charge in [-0.25, -0.2) is 12.8 Å². The number of ether oxygens (including phenoxy) is 1. The van der Waals surface area contributed by atoms with Crippen molar-refractivity contribution in [2.75, 3.05) is 19.0 Å². The Morgan fingerprint density at radius 3 is 2.58 bits per heavy atom. The fourth-order valence-electron chi connectivity index (χ4n) is 3.56. The van der Waals surface area contributed by atoms with Crippen LogP contribution in [0.15, 0.2) is 71.6 Å². The fraction of sp³-hybridized carbons (Fsp3) is 0.174. The molecule has 1 heterocycles. The molecule has 0 fully saturated rings. The van der Waals surface area contributed by atoms with Crippen molar-refractivity contribution in [2.24, 2.45) is 0 Å². The second-order valence-electron chi connectivity index (χ2n) is 7.19. The average Bonchev–Trinajstić information content (AvgIpc) is 2.79. The lowest BCUT2D eigenvalue weighted by Crippen LogP contribution is -2.36. The highest BCUT2D eigenvalue weighted by atomic mass is 32.2. The van der Waals surface area contributed by atoms with Crippen molar-refractivity contribution in [1.29, 1.82) is 0 Å². The standard InChI is InChI=1S/C23H21FN2O4S/c1-30-19-8-4-7-18(13-19)25-23(27)21-14-20(9-10-22(21)24)31(28,29)26-12-11-16-5-2-3-6-17(16)15-26/h2-10,13-14H,11-12,15H2,1H3,(H,25,27). The van der Waals surface area contributed by atoms with Crippen LogP contribution < -0.4 is 10.1 Å². The first kappa shape index (κ1) is 21.0. The Hall–Kier alpha value is -3.23. The van der Waals surface area contributed by atoms with Crippen LogP contribution in [-0.2, 0) is 23.0 Å². The van der Waals surface area contributed by atoms with Crippen LogP contribution in [0.2, 0.25) is 0 Å². The Kier molecular flexibility index (Phi) is 5.75. The lowest BCUT2D eigenvalue weighted by Gasteiger charge is -2.28. The molecule has 0 radical (unpaired) electrons. The first-order chi connectivity index (χ1) is 14.9. The first-order valence-corrected chi connectivity index (χ1v) is 11.1. The summed E-state index contributed by atoms with van der Waals surface area (Å²) in [6.07, 6.45) is 0.597. The van der Waals surface area contributed by atoms with Gasteiger partial charge in [-0.15, -0.1) is 0 Å². The number of fused-ring (bicyclic) bond motifs is 1. The van der Waals surface area contributed by atoms with Crippen molar-refractivity contribution < 1.29 is 22.3 Å². The number of nitrogens with zero attached hydrogens (tertiary/aromatic N) is 1. The number of sulfonamides is 1. The number of amides is 1. The molecule has 160 valence electrons. The van der Waals surface area contributed by atoms with Crippen LogP contribution in [0.25, 0.3) is 0 Å². The fourth-order valence-corrected chi connectivity index (χ4v) is 5.01. The normalized spacial score (nSPS) is 14.0. The van der Waals surface area contributed by atoms with Crippen LogP contribution in [-0.4, -0.2) is 32.3 Å². The van der Waals surface area contributed by atoms with E-state index >= 15 is 0 Å². The number of halogens is 1. The van der Waals surface area contributed by atoms with Gasteiger partial charge in [0, 0.05) is 24.8 Å². The number of methoxy groups -OCH3 is 1. The van der Waals surface area contributed by atoms with Gasteiger partial charge in [-0.1, -0.05) is 30.3 Å². The monoisotopic (exact) mass is 440 g/mol. The van der Waals surface area contributed by atoms with Gasteiger partial charge >= 0.3 is 0 Å². The maximum Gasteiger partial charge on any atom is 0.258 e. The molecule has 4 rings (SSSR count). The summed E-state index contributed by atoms with van der Waals surface area (Å²) in [6, 6.07) is 17.6. The van der Waals surface area contributed by atoms with Crippen LogP contribution >= 0.6 is 0 Å². The maximum atomic E-state index is 14.4. The molecule has 0 aromatic heterocycles. The van der Waals surface area contributed by atoms with E-state index in [9.17, 15) is 17.6 Å². The van der Waals surface area contributed by atoms with Crippen LogP contribution in [0.3, 0.4) is 0 Å². The van der Waals surface area contributed by atoms with Crippen molar-refractivity contribution in [3.63, 3.8) is 0 Å². The third-order valence-electron chi connectivity index (χ3n) is 5.24. The zero-order valence-electron chi connectivity index (χ0n) is 16.8. The van der Waals surface area contributed by atoms with Crippen LogP contribution in [0.4, 0.5) is 10.1 Å². The molecule has 1 N–H and O–H groups in total. The highest BCUT2D eigenvalue weighted by molar-refractivity contribution is 7.89. The minimum atomic E-state index is -3.89. The van der Waals surface area contributed by atoms with Gasteiger partial charge in [-0.3, -0.25) is 4.79 Å². The van der Waals surface area contributed by atoms with E-state index in [4.69, 9.17) is 4.74 Å². The second kappa shape index (κ2) is 8.49. The predicted molar refractivity (Wildman–Crippen MR) is 115 cm³/mol. The van der Waals surface area contributed by atoms with E-state index in [-0.39, 0.29) is 17.0 Å². The van der Waals surface area contributed by atoms with E-state index in [1.165, 1.54) is 17.5 Å². The van der Waals surface area contributed by atoms with E-state index in [1.807, 2.05) is 24.3 Å². The van der Waals surface area contributed by atoms with Gasteiger partial charge in [-0.2, -0.15) is 4.31 Å². The number of carbonyl (C=O) groups is 1. The molecule has 1 aliphatic rings. The molecule has 0 bridgehead atoms. The lowest BCUT2D eigenvalue weighted by molar-refractivity contribution is 0.102. The van der Waals surface area contributed by atoms with Gasteiger partial charge in [0.1, 0.15) is 11.6 Å². The molecule has 1 amide bonds. The summed E-state index contributed by atoms with van der Waals surface area (Å²) < 4.78 is 47.2. The van der Waals surface area contributed by atoms with E-state index in [0.717, 1.165) is 23.3 Å². The summed E-state index contributed by atoms with van der Waals surface area (Å²) in [6.45, 7) is 0.559. The number of hydrogen-bond donors (Lipinski definition) is 1. The van der Waals surface area contributed by atoms with E-state index in [1.54, 1.807) is 24.3 Å². The number of rotatable bonds is 5. The van der Waals surface area contributed by atoms with Crippen LogP contribution in [0, 0.1) is 5.82 Å². The number of benzene rings is 3. The minimum Gasteiger partial charge on any atom is -0.497 e. The highest BCUT2D eigenvalue weighted by Crippen LogP contribution is 2.26. The van der Waals surface area contributed by atoms with Gasteiger partial charge in [0.15, 0.2) is 0 Å². The molecule has 3 aromatic carbocycles. The van der Waals surface area contributed by atoms with Gasteiger partial charge < -0.3 is 10.1 Å². The maximum absolute atomic E-state index is 14.4. The molecule has 3 aromatic rings. The van der Waals surface area contributed by atoms with Crippen molar-refractivity contribution >= 4 is 21.6 Å². The summed E-state index contributed by atoms with van der Waals surface area (Å²) in [5, 5.41) is 2.58. The van der Waals surface area contributed by atoms with Crippen molar-refractivity contribution in [2.45, 2.75) is 17.9 Å². The molecule has 31 heavy (non-hydrogen) atoms. The molecule has 0 aliphatic carbocycles. The third-order valence-corrected chi connectivity index (χ3v) is 7.08. The van der Waals surface area contributed by atoms with Crippen molar-refractivity contribution in [3.8, 4) is 5.75 Å². The molecule has 0 saturated heterocycles. The molecule has 0 spiro atoms. The SMILES string of the molecule is COc1cccc(NC(=O)c2cc(S(=O)(=O)N3CCc4ccccc4C3)ccc2F)c1. The van der Waals surface area contributed by atoms with Gasteiger partial charge in [0.2, 0.25) is 10.0 Å². The topological polar surface area (TPSA) is 75.7 Å². The average molecular weight is 440 g/mol. The zero-order valence-corrected chi connectivity index (χ0v) is 17.7. The molecule has 8 heteroatoms. The van der Waals surface area contributed by atoms with Crippen LogP contribution in [0.1, 0.15) is 21.5 Å². The number of anilines is 1. The summed E-state index contributed by atoms with van der Waals surface area (Å²) in [4.78, 5) is 12.5. The van der Waals surface area contributed by atoms with E-state index in [0.29, 0.717) is 24.4 Å². The molecule has 0 saturated carbocycles. The van der Waals surface area contributed by atoms with Crippen LogP contribution in [0.5, 0.6) is 5.75 Å². The predicted octanol–water partition coefficient (Wildman–Crippen LogP) is 3.83. The minimum absolute atomic E-state index is 0.121. The van der Waals surface area contributed by atoms with Gasteiger partial charge in [-0.05, 0) is 47.9 Å². The smallest absolute Gasteiger partial charge is 0.258 e. The molecule has 0 unspecified atom stereocenters. The summed E-state index contributed by atoms with van der Waals surface area (Å²) in [5.74, 6) is -1.02. The van der Waals surface area contributed by atoms with E-state index in [2.05, 4.69) is 5.32 Å². The Balaban J connectivity index is 1.60. The summed E-state index contributed by atoms with van der Waals surface area (Å²) >= 11 is 0. The zero-order chi connectivity index (χ0) is 22.0. The molecule has 6 nitrogen and oxygen atoms in total. The van der Waals surface area contributed by atoms with Gasteiger partial charge in [0.25, 0.3) is 5.91 Å². The highest BCUT2D eigenvalue weighted by Gasteiger charge is 2.29. The molecule has 1 aliphatic heterocycles. The van der Waals surface area contributed by atoms with Crippen molar-refractivity contribution in [3.05, 3.63) is 89.2 Å². The third kappa shape index (κ3) is 4.30. The number of carbonyl (C=O) groups excluding carboxylic acids is 1. The molecule has 0 atom stereocenters. The number of hydrogen-bond acceptors (Lipinski definition) is 4. The second-order valence-corrected chi connectivity index (χ2v) is 9.12. The quantitative estimate of drug-likeness (QED) is 0.654. The van der Waals surface area contributed by atoms with Gasteiger partial charge in [0.05, 0.1) is 17.6 Å². The Morgan fingerprint density at radius 1 is 1.03 bits per heavy atom. The Labute approximate surface area is 180 Å². The lowest BCUT2D eigenvalue weighted by atomic mass is 10.0. The first-order valence-electron chi connectivity index (χ1n) is 9.70. The van der Waals surface area contributed by atoms with E-state index < -0.39 is 21.7 Å². The Bertz CT molecular complexity index is 1240. The Morgan fingerprint density at radius 2 is 1.81 bits per heavy atom. The summed E-state index contributed by atoms with van der Waals surface area (Å²) in [5.41, 5.74) is 2.12. The number of nitrogens with one attached hydrogen (secondary N) is 1. The molecular weight excluding hydrogens is 419 g/mol. The summed E-state index contributed by atoms with van der Waals surface area (Å²) in [7, 11) is -2.40.